The number of piperidine rings is 1. The van der Waals surface area contributed by atoms with E-state index < -0.39 is 31.5 Å². The van der Waals surface area contributed by atoms with Crippen LogP contribution in [-0.2, 0) is 22.4 Å². The third kappa shape index (κ3) is 8.26. The summed E-state index contributed by atoms with van der Waals surface area (Å²) in [6, 6.07) is 6.28. The molecule has 0 spiro atoms. The Morgan fingerprint density at radius 2 is 1.96 bits per heavy atom. The number of imidazole rings is 1. The number of halogens is 3. The van der Waals surface area contributed by atoms with Crippen molar-refractivity contribution in [2.45, 2.75) is 83.8 Å². The van der Waals surface area contributed by atoms with Crippen LogP contribution in [0, 0.1) is 0 Å². The number of carbonyl (C=O) groups excluding carboxylic acids is 1. The van der Waals surface area contributed by atoms with Crippen molar-refractivity contribution in [2.24, 2.45) is 0 Å². The number of hydrogen-bond acceptors (Lipinski definition) is 7. The van der Waals surface area contributed by atoms with Gasteiger partial charge < -0.3 is 29.2 Å². The Labute approximate surface area is 267 Å². The molecule has 0 unspecified atom stereocenters. The summed E-state index contributed by atoms with van der Waals surface area (Å²) in [6.45, 7) is 14.2. The van der Waals surface area contributed by atoms with Crippen LogP contribution in [0.3, 0.4) is 0 Å². The lowest BCUT2D eigenvalue weighted by molar-refractivity contribution is -0.137. The van der Waals surface area contributed by atoms with E-state index in [1.807, 2.05) is 22.9 Å². The predicted molar refractivity (Wildman–Crippen MR) is 174 cm³/mol. The van der Waals surface area contributed by atoms with Gasteiger partial charge in [-0.15, -0.1) is 0 Å². The van der Waals surface area contributed by atoms with Gasteiger partial charge in [0.25, 0.3) is 0 Å². The number of amides is 1. The monoisotopic (exact) mass is 657 g/mol. The number of carbonyl (C=O) groups is 1. The first kappa shape index (κ1) is 33.5. The zero-order chi connectivity index (χ0) is 33.3. The molecule has 1 saturated heterocycles. The van der Waals surface area contributed by atoms with E-state index in [1.165, 1.54) is 6.20 Å². The molecular formula is C32H42F3N7O3Si. The van der Waals surface area contributed by atoms with Crippen LogP contribution in [0.25, 0.3) is 33.5 Å². The molecule has 14 heteroatoms. The van der Waals surface area contributed by atoms with Crippen LogP contribution in [0.4, 0.5) is 23.9 Å². The number of benzene rings is 1. The average Bonchev–Trinajstić information content (AvgIpc) is 3.60. The fourth-order valence-electron chi connectivity index (χ4n) is 5.31. The molecule has 0 bridgehead atoms. The highest BCUT2D eigenvalue weighted by Crippen LogP contribution is 2.39. The molecule has 0 saturated carbocycles. The van der Waals surface area contributed by atoms with Gasteiger partial charge in [0.05, 0.1) is 5.69 Å². The Bertz CT molecular complexity index is 1670. The molecule has 5 rings (SSSR count). The van der Waals surface area contributed by atoms with Crippen LogP contribution in [0.2, 0.25) is 25.7 Å². The number of alkyl halides is 3. The number of rotatable bonds is 9. The Hall–Kier alpha value is -3.91. The summed E-state index contributed by atoms with van der Waals surface area (Å²) < 4.78 is 55.9. The van der Waals surface area contributed by atoms with Gasteiger partial charge in [0, 0.05) is 80.6 Å². The number of likely N-dealkylation sites (tertiary alicyclic amines) is 1. The summed E-state index contributed by atoms with van der Waals surface area (Å²) in [7, 11) is -1.21. The minimum absolute atomic E-state index is 0.0566. The maximum absolute atomic E-state index is 14.2. The van der Waals surface area contributed by atoms with Gasteiger partial charge in [-0.25, -0.2) is 19.7 Å². The summed E-state index contributed by atoms with van der Waals surface area (Å²) in [6.07, 6.45) is 2.20. The van der Waals surface area contributed by atoms with Crippen molar-refractivity contribution in [1.29, 1.82) is 0 Å². The number of H-pyrrole nitrogens is 1. The second kappa shape index (κ2) is 13.1. The molecule has 2 N–H and O–H groups in total. The standard InChI is InChI=1S/C32H42F3N7O3Si/c1-31(2,3)45-30(43)41-12-7-8-22(19-41)39-29-38-18-25(32(33,34)35)27(40-29)24-17-37-26-16-21(9-10-23(24)26)28-36-11-13-42(28)20-44-14-15-46(4,5)6/h9-11,13,16-18,22,37H,7-8,12,14-15,19-20H2,1-6H3,(H,38,39,40)/t22-/m0/s1. The highest BCUT2D eigenvalue weighted by molar-refractivity contribution is 6.76. The molecule has 1 aliphatic heterocycles. The lowest BCUT2D eigenvalue weighted by Crippen LogP contribution is -2.47. The number of hydrogen-bond donors (Lipinski definition) is 2. The fraction of sp³-hybridized carbons (Fsp3) is 0.500. The van der Waals surface area contributed by atoms with E-state index in [2.05, 4.69) is 44.9 Å². The number of ether oxygens (including phenoxy) is 2. The van der Waals surface area contributed by atoms with E-state index in [4.69, 9.17) is 9.47 Å². The molecule has 1 atom stereocenters. The third-order valence-electron chi connectivity index (χ3n) is 7.64. The Balaban J connectivity index is 1.38. The first-order valence-corrected chi connectivity index (χ1v) is 19.2. The summed E-state index contributed by atoms with van der Waals surface area (Å²) in [5, 5.41) is 3.73. The highest BCUT2D eigenvalue weighted by atomic mass is 28.3. The van der Waals surface area contributed by atoms with Crippen molar-refractivity contribution < 1.29 is 27.4 Å². The van der Waals surface area contributed by atoms with Crippen molar-refractivity contribution >= 4 is 31.0 Å². The number of nitrogens with zero attached hydrogens (tertiary/aromatic N) is 5. The van der Waals surface area contributed by atoms with Gasteiger partial charge in [-0.05, 0) is 45.7 Å². The molecule has 10 nitrogen and oxygen atoms in total. The number of aromatic nitrogens is 5. The lowest BCUT2D eigenvalue weighted by atomic mass is 10.0. The number of aromatic amines is 1. The van der Waals surface area contributed by atoms with Crippen molar-refractivity contribution in [2.75, 3.05) is 25.0 Å². The minimum atomic E-state index is -4.67. The molecule has 1 fully saturated rings. The fourth-order valence-corrected chi connectivity index (χ4v) is 6.07. The van der Waals surface area contributed by atoms with Gasteiger partial charge in [0.2, 0.25) is 5.95 Å². The zero-order valence-corrected chi connectivity index (χ0v) is 28.2. The van der Waals surface area contributed by atoms with Gasteiger partial charge in [0.1, 0.15) is 23.7 Å². The topological polar surface area (TPSA) is 110 Å². The summed E-state index contributed by atoms with van der Waals surface area (Å²) >= 11 is 0. The van der Waals surface area contributed by atoms with Gasteiger partial charge >= 0.3 is 12.3 Å². The lowest BCUT2D eigenvalue weighted by Gasteiger charge is -2.34. The molecule has 3 aromatic heterocycles. The molecule has 1 aromatic carbocycles. The van der Waals surface area contributed by atoms with E-state index in [1.54, 1.807) is 37.9 Å². The molecule has 0 aliphatic carbocycles. The number of nitrogens with one attached hydrogen (secondary N) is 2. The van der Waals surface area contributed by atoms with Crippen LogP contribution in [0.15, 0.2) is 43.0 Å². The van der Waals surface area contributed by atoms with Gasteiger partial charge in [-0.1, -0.05) is 31.8 Å². The summed E-state index contributed by atoms with van der Waals surface area (Å²) in [5.74, 6) is 0.754. The van der Waals surface area contributed by atoms with E-state index in [-0.39, 0.29) is 17.7 Å². The van der Waals surface area contributed by atoms with Crippen LogP contribution in [0.5, 0.6) is 0 Å². The van der Waals surface area contributed by atoms with Crippen molar-refractivity contribution in [1.82, 2.24) is 29.4 Å². The first-order valence-electron chi connectivity index (χ1n) is 15.5. The Kier molecular flexibility index (Phi) is 9.50. The van der Waals surface area contributed by atoms with Crippen molar-refractivity contribution in [3.05, 3.63) is 48.5 Å². The second-order valence-electron chi connectivity index (χ2n) is 13.9. The van der Waals surface area contributed by atoms with Gasteiger partial charge in [-0.2, -0.15) is 13.2 Å². The molecule has 4 aromatic rings. The summed E-state index contributed by atoms with van der Waals surface area (Å²) in [4.78, 5) is 30.2. The minimum Gasteiger partial charge on any atom is -0.444 e. The predicted octanol–water partition coefficient (Wildman–Crippen LogP) is 7.63. The van der Waals surface area contributed by atoms with Gasteiger partial charge in [0.15, 0.2) is 0 Å². The van der Waals surface area contributed by atoms with Crippen LogP contribution < -0.4 is 5.32 Å². The molecule has 4 heterocycles. The van der Waals surface area contributed by atoms with E-state index in [0.717, 1.165) is 17.8 Å². The molecular weight excluding hydrogens is 615 g/mol. The second-order valence-corrected chi connectivity index (χ2v) is 19.5. The largest absolute Gasteiger partial charge is 0.444 e. The van der Waals surface area contributed by atoms with E-state index in [9.17, 15) is 18.0 Å². The van der Waals surface area contributed by atoms with Crippen LogP contribution in [0.1, 0.15) is 39.2 Å². The quantitative estimate of drug-likeness (QED) is 0.141. The molecule has 46 heavy (non-hydrogen) atoms. The highest BCUT2D eigenvalue weighted by Gasteiger charge is 2.36. The maximum Gasteiger partial charge on any atom is 0.419 e. The SMILES string of the molecule is CC(C)(C)OC(=O)N1CCC[C@H](Nc2ncc(C(F)(F)F)c(-c3c[nH]c4cc(-c5nccn5COCC[Si](C)(C)C)ccc34)n2)C1. The number of fused-ring (bicyclic) bond motifs is 1. The van der Waals surface area contributed by atoms with E-state index in [0.29, 0.717) is 61.6 Å². The molecule has 1 aliphatic rings. The van der Waals surface area contributed by atoms with Crippen molar-refractivity contribution in [3.63, 3.8) is 0 Å². The van der Waals surface area contributed by atoms with Gasteiger partial charge in [-0.3, -0.25) is 0 Å². The van der Waals surface area contributed by atoms with Crippen molar-refractivity contribution in [3.8, 4) is 22.6 Å². The first-order chi connectivity index (χ1) is 21.6. The molecule has 248 valence electrons. The normalized spacial score (nSPS) is 16.2. The van der Waals surface area contributed by atoms with Crippen LogP contribution in [-0.4, -0.2) is 74.9 Å². The zero-order valence-electron chi connectivity index (χ0n) is 27.2. The third-order valence-corrected chi connectivity index (χ3v) is 9.34. The van der Waals surface area contributed by atoms with E-state index >= 15 is 0 Å². The maximum atomic E-state index is 14.2. The average molecular weight is 658 g/mol. The molecule has 1 amide bonds. The smallest absolute Gasteiger partial charge is 0.419 e. The van der Waals surface area contributed by atoms with Crippen LogP contribution >= 0.6 is 0 Å². The number of anilines is 1. The summed E-state index contributed by atoms with van der Waals surface area (Å²) in [5.41, 5.74) is -0.0629. The Morgan fingerprint density at radius 3 is 2.67 bits per heavy atom. The Morgan fingerprint density at radius 1 is 1.17 bits per heavy atom. The molecule has 0 radical (unpaired) electrons.